The number of nitrogens with zero attached hydrogens (tertiary/aromatic N) is 6. The van der Waals surface area contributed by atoms with E-state index in [-0.39, 0.29) is 27.9 Å². The third-order valence-electron chi connectivity index (χ3n) is 0.468. The summed E-state index contributed by atoms with van der Waals surface area (Å²) < 4.78 is 0. The highest BCUT2D eigenvalue weighted by Gasteiger charge is 1.86. The molecule has 0 spiro atoms. The molecule has 0 atom stereocenters. The van der Waals surface area contributed by atoms with Gasteiger partial charge in [0.1, 0.15) is 0 Å². The lowest BCUT2D eigenvalue weighted by atomic mass is 11.1. The molecule has 11 heteroatoms. The number of azide groups is 1. The Balaban J connectivity index is -0.0000000800. The first kappa shape index (κ1) is 22.5. The van der Waals surface area contributed by atoms with Gasteiger partial charge in [0.05, 0.1) is 0 Å². The zero-order valence-electron chi connectivity index (χ0n) is 5.68. The van der Waals surface area contributed by atoms with E-state index in [1.54, 1.807) is 0 Å². The number of H-pyrrole nitrogens is 1. The molecule has 0 saturated heterocycles. The van der Waals surface area contributed by atoms with Crippen LogP contribution < -0.4 is 0 Å². The van der Waals surface area contributed by atoms with Gasteiger partial charge in [0.25, 0.3) is 5.95 Å². The van der Waals surface area contributed by atoms with Gasteiger partial charge in [-0.1, -0.05) is 0 Å². The van der Waals surface area contributed by atoms with Gasteiger partial charge in [-0.25, -0.2) is 0 Å². The summed E-state index contributed by atoms with van der Waals surface area (Å²) in [4.78, 5) is 2.42. The Kier molecular flexibility index (Phi) is 22.4. The van der Waals surface area contributed by atoms with Gasteiger partial charge in [-0.05, 0) is 15.9 Å². The first-order valence-electron chi connectivity index (χ1n) is 1.72. The maximum atomic E-state index is 7.77. The zero-order valence-corrected chi connectivity index (χ0v) is 5.68. The normalized spacial score (nSPS) is 5.33. The van der Waals surface area contributed by atoms with Crippen LogP contribution in [0.5, 0.6) is 0 Å². The van der Waals surface area contributed by atoms with Crippen molar-refractivity contribution in [3.8, 4) is 0 Å². The summed E-state index contributed by atoms with van der Waals surface area (Å²) in [5, 5.41) is 15.0. The van der Waals surface area contributed by atoms with Crippen molar-refractivity contribution in [2.45, 2.75) is 0 Å². The number of hydrogen-bond donors (Lipinski definition) is 1. The van der Waals surface area contributed by atoms with Crippen molar-refractivity contribution in [3.05, 3.63) is 10.4 Å². The quantitative estimate of drug-likeness (QED) is 0.270. The number of aromatic nitrogens is 4. The number of rotatable bonds is 1. The van der Waals surface area contributed by atoms with Gasteiger partial charge in [0.15, 0.2) is 0 Å². The first-order chi connectivity index (χ1) is 3.93. The second-order valence-electron chi connectivity index (χ2n) is 0.901. The van der Waals surface area contributed by atoms with Gasteiger partial charge in [0.2, 0.25) is 0 Å². The fourth-order valence-electron chi connectivity index (χ4n) is 0.239. The molecule has 1 heterocycles. The largest absolute Gasteiger partial charge is 0.412 e. The standard InChI is InChI=1S/CHN7.4H2O/c2-6-3-1-4-7-8-5-1;;;;/h(H,4,5,7,8);4*1H2. The Morgan fingerprint density at radius 1 is 1.25 bits per heavy atom. The van der Waals surface area contributed by atoms with Crippen molar-refractivity contribution in [2.24, 2.45) is 5.11 Å². The molecule has 0 aliphatic heterocycles. The number of nitrogens with one attached hydrogen (secondary N) is 1. The molecule has 1 aromatic heterocycles. The van der Waals surface area contributed by atoms with Crippen molar-refractivity contribution in [2.75, 3.05) is 0 Å². The van der Waals surface area contributed by atoms with Crippen molar-refractivity contribution in [1.82, 2.24) is 20.6 Å². The van der Waals surface area contributed by atoms with E-state index in [1.807, 2.05) is 0 Å². The molecule has 9 N–H and O–H groups in total. The summed E-state index contributed by atoms with van der Waals surface area (Å²) in [5.41, 5.74) is 7.77. The van der Waals surface area contributed by atoms with Crippen molar-refractivity contribution >= 4 is 5.95 Å². The molecule has 0 radical (unpaired) electrons. The van der Waals surface area contributed by atoms with Crippen LogP contribution in [0.25, 0.3) is 10.4 Å². The summed E-state index contributed by atoms with van der Waals surface area (Å²) in [6, 6.07) is 0. The van der Waals surface area contributed by atoms with Crippen LogP contribution >= 0.6 is 0 Å². The maximum Gasteiger partial charge on any atom is 0.260 e. The van der Waals surface area contributed by atoms with Crippen LogP contribution in [-0.4, -0.2) is 42.5 Å². The van der Waals surface area contributed by atoms with E-state index in [2.05, 4.69) is 30.7 Å². The van der Waals surface area contributed by atoms with E-state index >= 15 is 0 Å². The maximum absolute atomic E-state index is 7.77. The third kappa shape index (κ3) is 6.34. The SMILES string of the molecule is O.O.O.O.[N-]=[N+]=Nc1nn[nH]n1. The number of tetrazole rings is 1. The number of aromatic amines is 1. The highest BCUT2D eigenvalue weighted by atomic mass is 16.0. The van der Waals surface area contributed by atoms with E-state index in [0.29, 0.717) is 0 Å². The topological polar surface area (TPSA) is 229 Å². The van der Waals surface area contributed by atoms with Gasteiger partial charge in [-0.3, -0.25) is 0 Å². The molecule has 0 aliphatic carbocycles. The smallest absolute Gasteiger partial charge is 0.260 e. The fourth-order valence-corrected chi connectivity index (χ4v) is 0.239. The van der Waals surface area contributed by atoms with Crippen molar-refractivity contribution < 1.29 is 21.9 Å². The Hall–Kier alpha value is -1.78. The summed E-state index contributed by atoms with van der Waals surface area (Å²) in [6.07, 6.45) is 0. The van der Waals surface area contributed by atoms with Crippen LogP contribution in [0.2, 0.25) is 0 Å². The van der Waals surface area contributed by atoms with Crippen LogP contribution in [0.1, 0.15) is 0 Å². The van der Waals surface area contributed by atoms with Crippen LogP contribution in [0.4, 0.5) is 5.95 Å². The van der Waals surface area contributed by atoms with Crippen molar-refractivity contribution in [1.29, 1.82) is 0 Å². The van der Waals surface area contributed by atoms with Gasteiger partial charge in [-0.15, -0.1) is 10.2 Å². The Bertz CT molecular complexity index is 201. The summed E-state index contributed by atoms with van der Waals surface area (Å²) in [5.74, 6) is 0.00694. The predicted octanol–water partition coefficient (Wildman–Crippen LogP) is -3.16. The molecule has 11 nitrogen and oxygen atoms in total. The molecule has 0 aromatic carbocycles. The molecule has 0 unspecified atom stereocenters. The monoisotopic (exact) mass is 183 g/mol. The Labute approximate surface area is 65.3 Å². The Morgan fingerprint density at radius 2 is 1.83 bits per heavy atom. The summed E-state index contributed by atoms with van der Waals surface area (Å²) in [7, 11) is 0. The van der Waals surface area contributed by atoms with E-state index in [4.69, 9.17) is 5.53 Å². The van der Waals surface area contributed by atoms with Crippen LogP contribution in [-0.2, 0) is 0 Å². The minimum Gasteiger partial charge on any atom is -0.412 e. The van der Waals surface area contributed by atoms with Gasteiger partial charge >= 0.3 is 0 Å². The van der Waals surface area contributed by atoms with Gasteiger partial charge in [0, 0.05) is 4.91 Å². The molecule has 1 rings (SSSR count). The molecule has 1 aromatic rings. The Morgan fingerprint density at radius 3 is 2.17 bits per heavy atom. The van der Waals surface area contributed by atoms with Crippen LogP contribution in [0.3, 0.4) is 0 Å². The van der Waals surface area contributed by atoms with Crippen LogP contribution in [0, 0.1) is 0 Å². The van der Waals surface area contributed by atoms with E-state index < -0.39 is 0 Å². The molecule has 0 saturated carbocycles. The predicted molar refractivity (Wildman–Crippen MR) is 37.4 cm³/mol. The lowest BCUT2D eigenvalue weighted by molar-refractivity contribution is 0.823. The second-order valence-corrected chi connectivity index (χ2v) is 0.901. The molecular weight excluding hydrogens is 174 g/mol. The molecule has 0 bridgehead atoms. The first-order valence-corrected chi connectivity index (χ1v) is 1.72. The van der Waals surface area contributed by atoms with Crippen molar-refractivity contribution in [3.63, 3.8) is 0 Å². The van der Waals surface area contributed by atoms with E-state index in [9.17, 15) is 0 Å². The molecular formula is CH9N7O4. The lowest BCUT2D eigenvalue weighted by Crippen LogP contribution is -1.64. The average molecular weight is 183 g/mol. The van der Waals surface area contributed by atoms with Gasteiger partial charge < -0.3 is 21.9 Å². The summed E-state index contributed by atoms with van der Waals surface area (Å²) in [6.45, 7) is 0. The molecule has 0 amide bonds. The highest BCUT2D eigenvalue weighted by molar-refractivity contribution is 5.04. The summed E-state index contributed by atoms with van der Waals surface area (Å²) >= 11 is 0. The zero-order chi connectivity index (χ0) is 5.82. The fraction of sp³-hybridized carbons (Fsp3) is 0. The third-order valence-corrected chi connectivity index (χ3v) is 0.468. The number of hydrogen-bond acceptors (Lipinski definition) is 4. The van der Waals surface area contributed by atoms with E-state index in [1.165, 1.54) is 0 Å². The molecule has 0 fully saturated rings. The minimum atomic E-state index is 0. The lowest BCUT2D eigenvalue weighted by Gasteiger charge is -1.63. The van der Waals surface area contributed by atoms with Gasteiger partial charge in [-0.2, -0.15) is 5.21 Å². The molecule has 72 valence electrons. The minimum absolute atomic E-state index is 0. The second kappa shape index (κ2) is 12.0. The molecule has 12 heavy (non-hydrogen) atoms. The average Bonchev–Trinajstić information content (AvgIpc) is 2.19. The molecule has 0 aliphatic rings. The highest BCUT2D eigenvalue weighted by Crippen LogP contribution is 1.94. The van der Waals surface area contributed by atoms with Crippen LogP contribution in [0.15, 0.2) is 5.11 Å². The van der Waals surface area contributed by atoms with E-state index in [0.717, 1.165) is 0 Å².